The second kappa shape index (κ2) is 45.7. The summed E-state index contributed by atoms with van der Waals surface area (Å²) in [5.41, 5.74) is -0.630. The maximum atomic E-state index is 12.9. The van der Waals surface area contributed by atoms with Crippen LogP contribution in [0.3, 0.4) is 0 Å². The van der Waals surface area contributed by atoms with Crippen molar-refractivity contribution in [2.75, 3.05) is 52.9 Å². The fourth-order valence-corrected chi connectivity index (χ4v) is 10.9. The Bertz CT molecular complexity index is 1830. The van der Waals surface area contributed by atoms with E-state index in [9.17, 15) is 37.1 Å². The Kier molecular flexibility index (Phi) is 41.5. The van der Waals surface area contributed by atoms with E-state index in [2.05, 4.69) is 13.8 Å². The number of nitrogens with zero attached hydrogens (tertiary/aromatic N) is 2. The maximum Gasteiger partial charge on any atom is 0.297 e. The molecule has 0 bridgehead atoms. The first-order valence-electron chi connectivity index (χ1n) is 29.6. The minimum Gasteiger partial charge on any atom is -0.379 e. The Labute approximate surface area is 459 Å². The van der Waals surface area contributed by atoms with Gasteiger partial charge in [-0.2, -0.15) is 16.8 Å². The molecule has 18 heteroatoms. The van der Waals surface area contributed by atoms with E-state index in [-0.39, 0.29) is 47.6 Å². The molecule has 0 aliphatic rings. The molecule has 0 aliphatic carbocycles. The zero-order valence-corrected chi connectivity index (χ0v) is 48.5. The molecule has 0 fully saturated rings. The minimum absolute atomic E-state index is 0.216. The number of non-ortho nitro benzene ring substituents is 2. The Hall–Kier alpha value is -3.10. The van der Waals surface area contributed by atoms with Gasteiger partial charge in [0.1, 0.15) is 22.0 Å². The van der Waals surface area contributed by atoms with E-state index in [1.54, 1.807) is 0 Å². The summed E-state index contributed by atoms with van der Waals surface area (Å²) in [6, 6.07) is 9.72. The summed E-state index contributed by atoms with van der Waals surface area (Å²) in [5, 5.41) is 22.4. The highest BCUT2D eigenvalue weighted by Gasteiger charge is 2.23. The Morgan fingerprint density at radius 2 is 0.645 bits per heavy atom. The summed E-state index contributed by atoms with van der Waals surface area (Å²) in [4.78, 5) is 20.6. The molecule has 0 amide bonds. The molecular formula is C58H100N2O14S2. The summed E-state index contributed by atoms with van der Waals surface area (Å²) in [6.45, 7) is 6.52. The molecule has 0 aromatic heterocycles. The van der Waals surface area contributed by atoms with Crippen LogP contribution in [0.5, 0.6) is 0 Å². The standard InChI is InChI=1S/C58H100N2O14S2/c1-3-5-7-9-11-27-31-35-45-71-55(51-73-75(65,66)57-41-37-39-53(47-57)59(61)62)49-69-43-33-29-25-23-21-19-17-15-13-14-16-18-20-22-24-26-30-34-44-70-50-56(72-46-36-32-28-12-10-8-6-4-2)52-74-76(67,68)58-42-38-40-54(48-58)60(63)64/h37-42,47-48,55-56H,3-36,43-46,49-52H2,1-2H3/t55-,56-/m1/s1. The Morgan fingerprint density at radius 1 is 0.382 bits per heavy atom. The highest BCUT2D eigenvalue weighted by molar-refractivity contribution is 7.87. The van der Waals surface area contributed by atoms with Gasteiger partial charge >= 0.3 is 0 Å². The average Bonchev–Trinajstić information content (AvgIpc) is 3.41. The third-order valence-corrected chi connectivity index (χ3v) is 16.1. The fraction of sp³-hybridized carbons (Fsp3) is 0.793. The molecule has 0 radical (unpaired) electrons. The quantitative estimate of drug-likeness (QED) is 0.0261. The first-order chi connectivity index (χ1) is 36.9. The van der Waals surface area contributed by atoms with Crippen LogP contribution >= 0.6 is 0 Å². The summed E-state index contributed by atoms with van der Waals surface area (Å²) in [6.07, 6.45) is 39.1. The van der Waals surface area contributed by atoms with Gasteiger partial charge in [0.25, 0.3) is 31.6 Å². The lowest BCUT2D eigenvalue weighted by atomic mass is 10.0. The van der Waals surface area contributed by atoms with Gasteiger partial charge in [-0.3, -0.25) is 28.6 Å². The molecule has 0 saturated heterocycles. The predicted molar refractivity (Wildman–Crippen MR) is 302 cm³/mol. The van der Waals surface area contributed by atoms with Crippen molar-refractivity contribution in [2.45, 2.75) is 254 Å². The SMILES string of the molecule is CCCCCCCCCCO[C@H](COCCCCCCCCCCCCCCCCCCCCOC[C@H](COS(=O)(=O)c1cccc([N+](=O)[O-])c1)OCCCCCCCCCC)COS(=O)(=O)c1cccc([N+](=O)[O-])c1. The second-order valence-electron chi connectivity index (χ2n) is 20.4. The third-order valence-electron chi connectivity index (χ3n) is 13.6. The van der Waals surface area contributed by atoms with Crippen molar-refractivity contribution in [1.82, 2.24) is 0 Å². The summed E-state index contributed by atoms with van der Waals surface area (Å²) < 4.78 is 86.0. The molecule has 16 nitrogen and oxygen atoms in total. The van der Waals surface area contributed by atoms with Crippen molar-refractivity contribution in [3.8, 4) is 0 Å². The van der Waals surface area contributed by atoms with Gasteiger partial charge in [-0.25, -0.2) is 0 Å². The monoisotopic (exact) mass is 1110 g/mol. The number of nitro groups is 2. The lowest BCUT2D eigenvalue weighted by Gasteiger charge is -2.18. The first kappa shape index (κ1) is 69.0. The van der Waals surface area contributed by atoms with Crippen LogP contribution in [-0.2, 0) is 47.5 Å². The van der Waals surface area contributed by atoms with E-state index in [1.165, 1.54) is 178 Å². The molecule has 0 heterocycles. The van der Waals surface area contributed by atoms with E-state index in [0.717, 1.165) is 89.2 Å². The van der Waals surface area contributed by atoms with Crippen molar-refractivity contribution in [1.29, 1.82) is 0 Å². The molecule has 438 valence electrons. The van der Waals surface area contributed by atoms with Crippen LogP contribution in [0.25, 0.3) is 0 Å². The normalized spacial score (nSPS) is 12.8. The molecule has 76 heavy (non-hydrogen) atoms. The molecule has 0 saturated carbocycles. The van der Waals surface area contributed by atoms with Crippen LogP contribution in [0.15, 0.2) is 58.3 Å². The van der Waals surface area contributed by atoms with Crippen LogP contribution in [0.1, 0.15) is 232 Å². The average molecular weight is 1110 g/mol. The zero-order valence-electron chi connectivity index (χ0n) is 46.9. The number of rotatable bonds is 55. The second-order valence-corrected chi connectivity index (χ2v) is 23.7. The van der Waals surface area contributed by atoms with Crippen LogP contribution in [-0.4, -0.2) is 91.7 Å². The van der Waals surface area contributed by atoms with Crippen molar-refractivity contribution >= 4 is 31.6 Å². The van der Waals surface area contributed by atoms with Gasteiger partial charge in [0, 0.05) is 50.7 Å². The van der Waals surface area contributed by atoms with Crippen molar-refractivity contribution in [2.24, 2.45) is 0 Å². The molecule has 2 rings (SSSR count). The number of unbranched alkanes of at least 4 members (excludes halogenated alkanes) is 31. The van der Waals surface area contributed by atoms with Crippen molar-refractivity contribution in [3.05, 3.63) is 68.8 Å². The lowest BCUT2D eigenvalue weighted by Crippen LogP contribution is -2.28. The highest BCUT2D eigenvalue weighted by atomic mass is 32.2. The van der Waals surface area contributed by atoms with E-state index in [0.29, 0.717) is 26.4 Å². The summed E-state index contributed by atoms with van der Waals surface area (Å²) >= 11 is 0. The van der Waals surface area contributed by atoms with Gasteiger partial charge in [-0.05, 0) is 37.8 Å². The lowest BCUT2D eigenvalue weighted by molar-refractivity contribution is -0.385. The van der Waals surface area contributed by atoms with E-state index >= 15 is 0 Å². The molecular weight excluding hydrogens is 1010 g/mol. The van der Waals surface area contributed by atoms with Gasteiger partial charge < -0.3 is 18.9 Å². The number of benzene rings is 2. The van der Waals surface area contributed by atoms with Gasteiger partial charge in [0.15, 0.2) is 0 Å². The predicted octanol–water partition coefficient (Wildman–Crippen LogP) is 15.7. The largest absolute Gasteiger partial charge is 0.379 e. The van der Waals surface area contributed by atoms with E-state index in [1.807, 2.05) is 0 Å². The number of hydrogen-bond acceptors (Lipinski definition) is 14. The molecule has 0 spiro atoms. The van der Waals surface area contributed by atoms with Crippen LogP contribution in [0.4, 0.5) is 11.4 Å². The number of nitro benzene ring substituents is 2. The molecule has 2 aromatic rings. The number of hydrogen-bond donors (Lipinski definition) is 0. The smallest absolute Gasteiger partial charge is 0.297 e. The molecule has 2 aromatic carbocycles. The van der Waals surface area contributed by atoms with Crippen LogP contribution in [0, 0.1) is 20.2 Å². The molecule has 2 atom stereocenters. The highest BCUT2D eigenvalue weighted by Crippen LogP contribution is 2.22. The number of ether oxygens (including phenoxy) is 4. The van der Waals surface area contributed by atoms with E-state index in [4.69, 9.17) is 27.3 Å². The van der Waals surface area contributed by atoms with Crippen molar-refractivity contribution in [3.63, 3.8) is 0 Å². The fourth-order valence-electron chi connectivity index (χ4n) is 8.90. The minimum atomic E-state index is -4.21. The van der Waals surface area contributed by atoms with Gasteiger partial charge in [0.2, 0.25) is 0 Å². The molecule has 0 unspecified atom stereocenters. The zero-order chi connectivity index (χ0) is 55.2. The van der Waals surface area contributed by atoms with Gasteiger partial charge in [-0.1, -0.05) is 219 Å². The van der Waals surface area contributed by atoms with Crippen LogP contribution < -0.4 is 0 Å². The van der Waals surface area contributed by atoms with Gasteiger partial charge in [-0.15, -0.1) is 0 Å². The summed E-state index contributed by atoms with van der Waals surface area (Å²) in [7, 11) is -8.41. The van der Waals surface area contributed by atoms with Gasteiger partial charge in [0.05, 0.1) is 36.3 Å². The Morgan fingerprint density at radius 3 is 0.921 bits per heavy atom. The summed E-state index contributed by atoms with van der Waals surface area (Å²) in [5.74, 6) is 0. The van der Waals surface area contributed by atoms with Crippen molar-refractivity contribution < 1.29 is 54.0 Å². The first-order valence-corrected chi connectivity index (χ1v) is 32.4. The van der Waals surface area contributed by atoms with Crippen LogP contribution in [0.2, 0.25) is 0 Å². The van der Waals surface area contributed by atoms with E-state index < -0.39 is 42.3 Å². The third kappa shape index (κ3) is 36.1. The maximum absolute atomic E-state index is 12.9. The Balaban J connectivity index is 1.49. The topological polar surface area (TPSA) is 210 Å². The molecule has 0 N–H and O–H groups in total. The molecule has 0 aliphatic heterocycles.